The highest BCUT2D eigenvalue weighted by Gasteiger charge is 3.06. The third-order valence-electron chi connectivity index (χ3n) is 7.27. The molecule has 0 N–H and O–H groups in total. The summed E-state index contributed by atoms with van der Waals surface area (Å²) in [6.07, 6.45) is 3.14. The van der Waals surface area contributed by atoms with E-state index < -0.39 is 0 Å². The van der Waals surface area contributed by atoms with Gasteiger partial charge in [-0.2, -0.15) is 0 Å². The molecule has 8 rings (SSSR count). The predicted molar refractivity (Wildman–Crippen MR) is 46.4 cm³/mol. The molecule has 0 aromatic carbocycles. The van der Waals surface area contributed by atoms with E-state index in [4.69, 9.17) is 0 Å². The van der Waals surface area contributed by atoms with Crippen molar-refractivity contribution in [2.24, 2.45) is 46.3 Å². The highest BCUT2D eigenvalue weighted by atomic mass is 15.1. The van der Waals surface area contributed by atoms with Gasteiger partial charge in [0.2, 0.25) is 0 Å². The molecule has 0 aromatic heterocycles. The van der Waals surface area contributed by atoms with Crippen LogP contribution in [-0.2, 0) is 0 Å². The zero-order valence-corrected chi connectivity index (χ0v) is 7.88. The zero-order valence-electron chi connectivity index (χ0n) is 7.88. The molecule has 0 aliphatic heterocycles. The van der Waals surface area contributed by atoms with Gasteiger partial charge >= 0.3 is 0 Å². The normalized spacial score (nSPS) is 89.5. The minimum absolute atomic E-state index is 0.929. The third kappa shape index (κ3) is 0.192. The molecule has 0 saturated heterocycles. The number of hydrogen-bond acceptors (Lipinski definition) is 0. The van der Waals surface area contributed by atoms with Crippen molar-refractivity contribution < 1.29 is 0 Å². The largest absolute Gasteiger partial charge is 0.0651 e. The van der Waals surface area contributed by atoms with Gasteiger partial charge in [0.05, 0.1) is 0 Å². The SMILES string of the molecule is CCC1C2C3CC4C5C1C42C35C. The van der Waals surface area contributed by atoms with E-state index in [1.54, 1.807) is 6.42 Å². The monoisotopic (exact) mass is 160 g/mol. The maximum Gasteiger partial charge on any atom is -0.0139 e. The molecular weight excluding hydrogens is 144 g/mol. The van der Waals surface area contributed by atoms with Crippen LogP contribution in [0.15, 0.2) is 0 Å². The molecule has 12 heavy (non-hydrogen) atoms. The standard InChI is InChI=1S/C12H16/c1-3-5-8-6-4-7-10-9(5)12(7,8)11(6,10)2/h5-10H,3-4H2,1-2H3. The first-order chi connectivity index (χ1) is 5.79. The second kappa shape index (κ2) is 1.07. The molecule has 8 unspecified atom stereocenters. The van der Waals surface area contributed by atoms with Gasteiger partial charge in [-0.05, 0) is 52.8 Å². The Kier molecular flexibility index (Phi) is 0.508. The van der Waals surface area contributed by atoms with Crippen LogP contribution in [0.3, 0.4) is 0 Å². The average molecular weight is 160 g/mol. The molecule has 8 aliphatic rings. The van der Waals surface area contributed by atoms with Gasteiger partial charge in [-0.15, -0.1) is 0 Å². The van der Waals surface area contributed by atoms with Crippen molar-refractivity contribution in [2.45, 2.75) is 26.7 Å². The van der Waals surface area contributed by atoms with E-state index in [-0.39, 0.29) is 0 Å². The summed E-state index contributed by atoms with van der Waals surface area (Å²) in [6, 6.07) is 0. The second-order valence-electron chi connectivity index (χ2n) is 6.31. The first-order valence-corrected chi connectivity index (χ1v) is 5.79. The molecule has 0 radical (unpaired) electrons. The molecule has 1 spiro atoms. The van der Waals surface area contributed by atoms with Crippen LogP contribution in [0.1, 0.15) is 26.7 Å². The van der Waals surface area contributed by atoms with Gasteiger partial charge in [0, 0.05) is 0 Å². The van der Waals surface area contributed by atoms with Gasteiger partial charge in [-0.3, -0.25) is 0 Å². The minimum Gasteiger partial charge on any atom is -0.0651 e. The second-order valence-corrected chi connectivity index (χ2v) is 6.31. The Morgan fingerprint density at radius 2 is 2.00 bits per heavy atom. The van der Waals surface area contributed by atoms with Gasteiger partial charge in [0.1, 0.15) is 0 Å². The van der Waals surface area contributed by atoms with Crippen LogP contribution < -0.4 is 0 Å². The highest BCUT2D eigenvalue weighted by Crippen LogP contribution is 3.09. The predicted octanol–water partition coefficient (Wildman–Crippen LogP) is 2.54. The van der Waals surface area contributed by atoms with Gasteiger partial charge in [0.15, 0.2) is 0 Å². The van der Waals surface area contributed by atoms with E-state index in [1.165, 1.54) is 41.9 Å². The van der Waals surface area contributed by atoms with E-state index in [1.807, 2.05) is 0 Å². The van der Waals surface area contributed by atoms with Crippen molar-refractivity contribution in [2.75, 3.05) is 0 Å². The van der Waals surface area contributed by atoms with Crippen molar-refractivity contribution in [3.8, 4) is 0 Å². The first-order valence-electron chi connectivity index (χ1n) is 5.79. The average Bonchev–Trinajstić information content (AvgIpc) is 2.43. The van der Waals surface area contributed by atoms with Crippen molar-refractivity contribution in [1.29, 1.82) is 0 Å². The van der Waals surface area contributed by atoms with Crippen LogP contribution in [0.25, 0.3) is 0 Å². The van der Waals surface area contributed by atoms with Crippen LogP contribution >= 0.6 is 0 Å². The third-order valence-corrected chi connectivity index (χ3v) is 7.27. The molecule has 0 heteroatoms. The lowest BCUT2D eigenvalue weighted by Gasteiger charge is -2.99. The summed E-state index contributed by atoms with van der Waals surface area (Å²) in [5.41, 5.74) is 1.93. The Morgan fingerprint density at radius 1 is 1.17 bits per heavy atom. The van der Waals surface area contributed by atoms with E-state index >= 15 is 0 Å². The van der Waals surface area contributed by atoms with E-state index in [9.17, 15) is 0 Å². The Hall–Kier alpha value is 0. The summed E-state index contributed by atoms with van der Waals surface area (Å²) in [4.78, 5) is 0. The summed E-state index contributed by atoms with van der Waals surface area (Å²) in [6.45, 7) is 5.03. The minimum atomic E-state index is 0.929. The van der Waals surface area contributed by atoms with Crippen molar-refractivity contribution >= 4 is 0 Å². The van der Waals surface area contributed by atoms with Crippen molar-refractivity contribution in [3.05, 3.63) is 0 Å². The number of rotatable bonds is 1. The van der Waals surface area contributed by atoms with Crippen LogP contribution in [0.4, 0.5) is 0 Å². The zero-order chi connectivity index (χ0) is 7.88. The molecule has 5 bridgehead atoms. The van der Waals surface area contributed by atoms with E-state index in [0.29, 0.717) is 0 Å². The summed E-state index contributed by atoms with van der Waals surface area (Å²) >= 11 is 0. The molecule has 8 atom stereocenters. The van der Waals surface area contributed by atoms with Crippen LogP contribution in [0, 0.1) is 46.3 Å². The van der Waals surface area contributed by atoms with Gasteiger partial charge < -0.3 is 0 Å². The smallest absolute Gasteiger partial charge is 0.0139 e. The molecule has 8 aliphatic carbocycles. The lowest BCUT2D eigenvalue weighted by atomic mass is 9.05. The molecule has 0 nitrogen and oxygen atoms in total. The topological polar surface area (TPSA) is 0 Å². The highest BCUT2D eigenvalue weighted by molar-refractivity contribution is 5.52. The van der Waals surface area contributed by atoms with Crippen LogP contribution in [-0.4, -0.2) is 0 Å². The molecular formula is C12H16. The lowest BCUT2D eigenvalue weighted by Crippen LogP contribution is -2.96. The van der Waals surface area contributed by atoms with Crippen LogP contribution in [0.5, 0.6) is 0 Å². The molecule has 0 heterocycles. The summed E-state index contributed by atoms with van der Waals surface area (Å²) in [5.74, 6) is 7.39. The molecule has 8 saturated carbocycles. The van der Waals surface area contributed by atoms with Crippen LogP contribution in [0.2, 0.25) is 0 Å². The lowest BCUT2D eigenvalue weighted by molar-refractivity contribution is -0.530. The van der Waals surface area contributed by atoms with Gasteiger partial charge in [-0.1, -0.05) is 20.3 Å². The number of hydrogen-bond donors (Lipinski definition) is 0. The Balaban J connectivity index is 1.74. The fourth-order valence-corrected chi connectivity index (χ4v) is 7.52. The fourth-order valence-electron chi connectivity index (χ4n) is 7.52. The van der Waals surface area contributed by atoms with Gasteiger partial charge in [0.25, 0.3) is 0 Å². The fraction of sp³-hybridized carbons (Fsp3) is 1.00. The Bertz CT molecular complexity index is 316. The molecule has 0 amide bonds. The Labute approximate surface area is 73.7 Å². The van der Waals surface area contributed by atoms with Crippen molar-refractivity contribution in [1.82, 2.24) is 0 Å². The molecule has 0 aromatic rings. The van der Waals surface area contributed by atoms with Gasteiger partial charge in [-0.25, -0.2) is 0 Å². The summed E-state index contributed by atoms with van der Waals surface area (Å²) < 4.78 is 0. The first kappa shape index (κ1) is 5.67. The van der Waals surface area contributed by atoms with E-state index in [2.05, 4.69) is 13.8 Å². The summed E-state index contributed by atoms with van der Waals surface area (Å²) in [5, 5.41) is 0. The quantitative estimate of drug-likeness (QED) is 0.553. The maximum atomic E-state index is 2.62. The van der Waals surface area contributed by atoms with E-state index in [0.717, 1.165) is 10.8 Å². The molecule has 8 fully saturated rings. The summed E-state index contributed by atoms with van der Waals surface area (Å²) in [7, 11) is 0. The maximum absolute atomic E-state index is 2.62. The molecule has 64 valence electrons. The van der Waals surface area contributed by atoms with Crippen molar-refractivity contribution in [3.63, 3.8) is 0 Å². The Morgan fingerprint density at radius 3 is 2.50 bits per heavy atom.